The van der Waals surface area contributed by atoms with Gasteiger partial charge in [0.2, 0.25) is 11.8 Å². The number of carbonyl (C=O) groups excluding carboxylic acids is 4. The molecular formula is C24H32N4O4. The Balaban J connectivity index is 1.33. The number of hydrogen-bond donors (Lipinski definition) is 2. The van der Waals surface area contributed by atoms with Gasteiger partial charge in [-0.15, -0.1) is 0 Å². The molecule has 0 aromatic heterocycles. The molecule has 2 saturated heterocycles. The minimum absolute atomic E-state index is 0.0509. The van der Waals surface area contributed by atoms with E-state index in [1.54, 1.807) is 4.90 Å². The van der Waals surface area contributed by atoms with E-state index in [-0.39, 0.29) is 36.2 Å². The zero-order valence-electron chi connectivity index (χ0n) is 19.1. The first-order valence-electron chi connectivity index (χ1n) is 11.4. The largest absolute Gasteiger partial charge is 0.350 e. The van der Waals surface area contributed by atoms with E-state index >= 15 is 0 Å². The summed E-state index contributed by atoms with van der Waals surface area (Å²) < 4.78 is 0. The number of rotatable bonds is 5. The lowest BCUT2D eigenvalue weighted by atomic mass is 9.64. The normalized spacial score (nSPS) is 27.2. The van der Waals surface area contributed by atoms with E-state index in [2.05, 4.69) is 31.4 Å². The highest BCUT2D eigenvalue weighted by atomic mass is 16.2. The summed E-state index contributed by atoms with van der Waals surface area (Å²) in [4.78, 5) is 52.9. The third-order valence-corrected chi connectivity index (χ3v) is 6.74. The molecule has 1 aliphatic carbocycles. The van der Waals surface area contributed by atoms with Gasteiger partial charge >= 0.3 is 6.03 Å². The Labute approximate surface area is 188 Å². The maximum absolute atomic E-state index is 13.2. The van der Waals surface area contributed by atoms with Crippen LogP contribution >= 0.6 is 0 Å². The lowest BCUT2D eigenvalue weighted by Crippen LogP contribution is -2.54. The Bertz CT molecular complexity index is 942. The van der Waals surface area contributed by atoms with Crippen molar-refractivity contribution in [2.45, 2.75) is 65.0 Å². The molecule has 1 aromatic rings. The van der Waals surface area contributed by atoms with Crippen LogP contribution in [-0.2, 0) is 20.9 Å². The Morgan fingerprint density at radius 3 is 2.50 bits per heavy atom. The van der Waals surface area contributed by atoms with E-state index in [0.29, 0.717) is 25.2 Å². The number of nitrogens with one attached hydrogen (secondary N) is 2. The number of urea groups is 1. The van der Waals surface area contributed by atoms with Crippen LogP contribution in [0.1, 0.15) is 58.4 Å². The molecule has 8 heteroatoms. The standard InChI is InChI=1S/C24H32N4O4/c1-16-11-23(2,3)15-24(12-16)21(31)28(22(32)26-24)14-19(29)25-13-17-6-8-18(9-7-17)27-10-4-5-20(27)30/h6-9,16H,4-5,10-15H2,1-3H3,(H,25,29)(H,26,32)/t16-,24+/m0/s1. The predicted molar refractivity (Wildman–Crippen MR) is 120 cm³/mol. The summed E-state index contributed by atoms with van der Waals surface area (Å²) in [5.74, 6) is -0.229. The molecule has 2 aliphatic heterocycles. The van der Waals surface area contributed by atoms with Crippen LogP contribution < -0.4 is 15.5 Å². The molecule has 3 fully saturated rings. The van der Waals surface area contributed by atoms with Crippen molar-refractivity contribution in [1.29, 1.82) is 0 Å². The van der Waals surface area contributed by atoms with Gasteiger partial charge in [-0.05, 0) is 54.7 Å². The van der Waals surface area contributed by atoms with E-state index in [4.69, 9.17) is 0 Å². The smallest absolute Gasteiger partial charge is 0.325 e. The van der Waals surface area contributed by atoms with Gasteiger partial charge in [0.05, 0.1) is 0 Å². The minimum atomic E-state index is -0.901. The van der Waals surface area contributed by atoms with Crippen molar-refractivity contribution in [3.05, 3.63) is 29.8 Å². The summed E-state index contributed by atoms with van der Waals surface area (Å²) in [5, 5.41) is 5.68. The number of hydrogen-bond acceptors (Lipinski definition) is 4. The second-order valence-corrected chi connectivity index (χ2v) is 10.4. The number of imide groups is 1. The number of nitrogens with zero attached hydrogens (tertiary/aromatic N) is 2. The summed E-state index contributed by atoms with van der Waals surface area (Å²) in [7, 11) is 0. The SMILES string of the molecule is C[C@H]1CC(C)(C)C[C@@]2(C1)NC(=O)N(CC(=O)NCc1ccc(N3CCCC3=O)cc1)C2=O. The second-order valence-electron chi connectivity index (χ2n) is 10.4. The van der Waals surface area contributed by atoms with Crippen LogP contribution in [-0.4, -0.2) is 47.3 Å². The second kappa shape index (κ2) is 8.22. The van der Waals surface area contributed by atoms with Crippen LogP contribution in [0.25, 0.3) is 0 Å². The molecule has 2 atom stereocenters. The molecule has 32 heavy (non-hydrogen) atoms. The molecule has 172 valence electrons. The van der Waals surface area contributed by atoms with E-state index in [0.717, 1.165) is 35.5 Å². The third kappa shape index (κ3) is 4.36. The Kier molecular flexibility index (Phi) is 5.73. The maximum Gasteiger partial charge on any atom is 0.325 e. The van der Waals surface area contributed by atoms with Gasteiger partial charge in [0.1, 0.15) is 12.1 Å². The van der Waals surface area contributed by atoms with Gasteiger partial charge in [-0.1, -0.05) is 32.9 Å². The average molecular weight is 441 g/mol. The van der Waals surface area contributed by atoms with Crippen molar-refractivity contribution in [1.82, 2.24) is 15.5 Å². The van der Waals surface area contributed by atoms with Crippen LogP contribution in [0, 0.1) is 11.3 Å². The fourth-order valence-electron chi connectivity index (χ4n) is 5.76. The van der Waals surface area contributed by atoms with Crippen molar-refractivity contribution >= 4 is 29.4 Å². The lowest BCUT2D eigenvalue weighted by molar-refractivity contribution is -0.137. The molecule has 1 aromatic carbocycles. The van der Waals surface area contributed by atoms with Gasteiger partial charge in [0, 0.05) is 25.2 Å². The topological polar surface area (TPSA) is 98.8 Å². The monoisotopic (exact) mass is 440 g/mol. The Morgan fingerprint density at radius 1 is 1.16 bits per heavy atom. The quantitative estimate of drug-likeness (QED) is 0.688. The number of amides is 5. The molecular weight excluding hydrogens is 408 g/mol. The Morgan fingerprint density at radius 2 is 1.88 bits per heavy atom. The van der Waals surface area contributed by atoms with Crippen LogP contribution in [0.5, 0.6) is 0 Å². The predicted octanol–water partition coefficient (Wildman–Crippen LogP) is 2.57. The highest BCUT2D eigenvalue weighted by molar-refractivity contribution is 6.09. The van der Waals surface area contributed by atoms with Crippen LogP contribution in [0.15, 0.2) is 24.3 Å². The molecule has 0 unspecified atom stereocenters. The molecule has 1 spiro atoms. The summed E-state index contributed by atoms with van der Waals surface area (Å²) in [6.45, 7) is 7.06. The first-order valence-corrected chi connectivity index (χ1v) is 11.4. The van der Waals surface area contributed by atoms with Gasteiger partial charge in [-0.3, -0.25) is 19.3 Å². The zero-order chi connectivity index (χ0) is 23.1. The highest BCUT2D eigenvalue weighted by Gasteiger charge is 2.56. The number of benzene rings is 1. The third-order valence-electron chi connectivity index (χ3n) is 6.74. The van der Waals surface area contributed by atoms with Gasteiger partial charge in [-0.2, -0.15) is 0 Å². The summed E-state index contributed by atoms with van der Waals surface area (Å²) in [6.07, 6.45) is 3.64. The fourth-order valence-corrected chi connectivity index (χ4v) is 5.76. The molecule has 4 rings (SSSR count). The first kappa shape index (κ1) is 22.3. The number of carbonyl (C=O) groups is 4. The molecule has 3 aliphatic rings. The van der Waals surface area contributed by atoms with Gasteiger partial charge < -0.3 is 15.5 Å². The first-order chi connectivity index (χ1) is 15.1. The molecule has 5 amide bonds. The average Bonchev–Trinajstić information content (AvgIpc) is 3.22. The fraction of sp³-hybridized carbons (Fsp3) is 0.583. The van der Waals surface area contributed by atoms with E-state index in [9.17, 15) is 19.2 Å². The van der Waals surface area contributed by atoms with Crippen molar-refractivity contribution in [2.24, 2.45) is 11.3 Å². The Hall–Kier alpha value is -2.90. The minimum Gasteiger partial charge on any atom is -0.350 e. The van der Waals surface area contributed by atoms with E-state index in [1.165, 1.54) is 0 Å². The molecule has 2 N–H and O–H groups in total. The lowest BCUT2D eigenvalue weighted by Gasteiger charge is -2.43. The van der Waals surface area contributed by atoms with Crippen molar-refractivity contribution < 1.29 is 19.2 Å². The zero-order valence-corrected chi connectivity index (χ0v) is 19.1. The number of anilines is 1. The van der Waals surface area contributed by atoms with Gasteiger partial charge in [0.15, 0.2) is 0 Å². The van der Waals surface area contributed by atoms with E-state index in [1.807, 2.05) is 24.3 Å². The molecule has 1 saturated carbocycles. The van der Waals surface area contributed by atoms with Crippen LogP contribution in [0.3, 0.4) is 0 Å². The molecule has 0 radical (unpaired) electrons. The molecule has 2 heterocycles. The van der Waals surface area contributed by atoms with Crippen molar-refractivity contribution in [3.63, 3.8) is 0 Å². The molecule has 8 nitrogen and oxygen atoms in total. The van der Waals surface area contributed by atoms with Crippen LogP contribution in [0.4, 0.5) is 10.5 Å². The summed E-state index contributed by atoms with van der Waals surface area (Å²) in [6, 6.07) is 7.00. The summed E-state index contributed by atoms with van der Waals surface area (Å²) >= 11 is 0. The van der Waals surface area contributed by atoms with Crippen LogP contribution in [0.2, 0.25) is 0 Å². The van der Waals surface area contributed by atoms with Gasteiger partial charge in [0.25, 0.3) is 5.91 Å². The van der Waals surface area contributed by atoms with Crippen molar-refractivity contribution in [2.75, 3.05) is 18.0 Å². The van der Waals surface area contributed by atoms with Crippen molar-refractivity contribution in [3.8, 4) is 0 Å². The summed E-state index contributed by atoms with van der Waals surface area (Å²) in [5.41, 5.74) is 0.786. The molecule has 0 bridgehead atoms. The highest BCUT2D eigenvalue weighted by Crippen LogP contribution is 2.46. The van der Waals surface area contributed by atoms with E-state index < -0.39 is 11.6 Å². The maximum atomic E-state index is 13.2. The van der Waals surface area contributed by atoms with Gasteiger partial charge in [-0.25, -0.2) is 4.79 Å².